The summed E-state index contributed by atoms with van der Waals surface area (Å²) in [4.78, 5) is 40.0. The zero-order chi connectivity index (χ0) is 35.7. The average Bonchev–Trinajstić information content (AvgIpc) is 3.27. The second kappa shape index (κ2) is 11.7. The molecule has 1 aliphatic heterocycles. The molecule has 16 heteroatoms. The summed E-state index contributed by atoms with van der Waals surface area (Å²) in [5.41, 5.74) is -1.37. The standard InChI is InChI=1S/C22H24N2O9.C10H9NO3S/c1-21(32)7-5-4-6-8(25)9(7)15(26)10-12(21)17(28)13-14(24(2)3)16(27)11(20(23)31)19(30)22(13,33)18(10)29;1-2-7-14-10-8-5-3-4-6-9(8)15(12,13)11-10/h4-6,12-14,17,25,27-29,32-33H,1-3H3,(H2,23,31);2-6H,1,7H2/t12-,13-,14+,17+,21-,22+;/m1./s1. The van der Waals surface area contributed by atoms with E-state index in [0.29, 0.717) is 5.56 Å². The van der Waals surface area contributed by atoms with Gasteiger partial charge in [0, 0.05) is 0 Å². The molecule has 0 fully saturated rings. The van der Waals surface area contributed by atoms with E-state index in [2.05, 4.69) is 11.0 Å². The van der Waals surface area contributed by atoms with Gasteiger partial charge in [0.1, 0.15) is 34.3 Å². The van der Waals surface area contributed by atoms with Crippen molar-refractivity contribution in [2.24, 2.45) is 22.0 Å². The Morgan fingerprint density at radius 2 is 1.75 bits per heavy atom. The van der Waals surface area contributed by atoms with Gasteiger partial charge in [0.2, 0.25) is 11.7 Å². The molecule has 6 rings (SSSR count). The Morgan fingerprint density at radius 3 is 2.35 bits per heavy atom. The topological polar surface area (TPSA) is 258 Å². The number of phenols is 1. The number of carbonyl (C=O) groups is 3. The predicted molar refractivity (Wildman–Crippen MR) is 167 cm³/mol. The van der Waals surface area contributed by atoms with E-state index in [1.165, 1.54) is 56.3 Å². The number of hydrogen-bond acceptors (Lipinski definition) is 13. The Kier molecular flexibility index (Phi) is 8.38. The molecule has 6 atom stereocenters. The molecule has 0 saturated heterocycles. The monoisotopic (exact) mass is 683 g/mol. The first-order chi connectivity index (χ1) is 22.3. The van der Waals surface area contributed by atoms with E-state index in [1.54, 1.807) is 18.2 Å². The first kappa shape index (κ1) is 34.5. The van der Waals surface area contributed by atoms with Crippen LogP contribution >= 0.6 is 0 Å². The highest BCUT2D eigenvalue weighted by Gasteiger charge is 2.69. The van der Waals surface area contributed by atoms with Crippen molar-refractivity contribution >= 4 is 33.4 Å². The van der Waals surface area contributed by atoms with Crippen LogP contribution in [0.15, 0.2) is 87.1 Å². The minimum Gasteiger partial charge on any atom is -0.510 e. The molecule has 1 amide bonds. The van der Waals surface area contributed by atoms with Gasteiger partial charge < -0.3 is 41.1 Å². The Bertz CT molecular complexity index is 1980. The summed E-state index contributed by atoms with van der Waals surface area (Å²) in [6.07, 6.45) is -0.334. The van der Waals surface area contributed by atoms with Gasteiger partial charge in [-0.2, -0.15) is 8.42 Å². The lowest BCUT2D eigenvalue weighted by atomic mass is 9.54. The highest BCUT2D eigenvalue weighted by atomic mass is 32.2. The van der Waals surface area contributed by atoms with Crippen molar-refractivity contribution in [3.05, 3.63) is 94.5 Å². The zero-order valence-electron chi connectivity index (χ0n) is 25.9. The highest BCUT2D eigenvalue weighted by Crippen LogP contribution is 2.56. The number of amides is 1. The Morgan fingerprint density at radius 1 is 1.10 bits per heavy atom. The lowest BCUT2D eigenvalue weighted by molar-refractivity contribution is -0.173. The number of rotatable bonds is 4. The zero-order valence-corrected chi connectivity index (χ0v) is 26.7. The van der Waals surface area contributed by atoms with Crippen LogP contribution in [0.2, 0.25) is 0 Å². The van der Waals surface area contributed by atoms with Gasteiger partial charge in [0.15, 0.2) is 11.4 Å². The Balaban J connectivity index is 0.000000250. The number of nitrogens with zero attached hydrogens (tertiary/aromatic N) is 2. The molecule has 0 aromatic heterocycles. The van der Waals surface area contributed by atoms with E-state index in [9.17, 15) is 53.4 Å². The van der Waals surface area contributed by atoms with Crippen molar-refractivity contribution in [1.29, 1.82) is 0 Å². The normalized spacial score (nSPS) is 29.9. The lowest BCUT2D eigenvalue weighted by Crippen LogP contribution is -2.70. The van der Waals surface area contributed by atoms with E-state index in [4.69, 9.17) is 10.5 Å². The number of likely N-dealkylation sites (N-methyl/N-ethyl adjacent to an activating group) is 1. The van der Waals surface area contributed by atoms with Gasteiger partial charge in [-0.25, -0.2) is 0 Å². The first-order valence-corrected chi connectivity index (χ1v) is 15.8. The minimum atomic E-state index is -3.56. The molecule has 3 aliphatic carbocycles. The van der Waals surface area contributed by atoms with Crippen molar-refractivity contribution in [3.8, 4) is 5.75 Å². The quantitative estimate of drug-likeness (QED) is 0.167. The third kappa shape index (κ3) is 4.83. The second-order valence-electron chi connectivity index (χ2n) is 12.0. The number of aromatic hydroxyl groups is 1. The summed E-state index contributed by atoms with van der Waals surface area (Å²) in [5, 5.41) is 66.5. The summed E-state index contributed by atoms with van der Waals surface area (Å²) >= 11 is 0. The molecule has 2 aromatic carbocycles. The fourth-order valence-corrected chi connectivity index (χ4v) is 8.07. The van der Waals surface area contributed by atoms with Crippen molar-refractivity contribution in [2.75, 3.05) is 20.7 Å². The van der Waals surface area contributed by atoms with Crippen molar-refractivity contribution in [1.82, 2.24) is 4.90 Å². The SMILES string of the molecule is C=CCOC1=NS(=O)(=O)c2ccccc21.CN(C)[C@@H]1C(O)=C(C(N)=O)C(=O)[C@@]2(O)C(O)=C3C(=O)c4c(O)cccc4[C@@](C)(O)[C@H]3[C@H](O)[C@@H]12. The number of primary amides is 1. The number of sulfonamides is 1. The largest absolute Gasteiger partial charge is 0.510 e. The lowest BCUT2D eigenvalue weighted by Gasteiger charge is -2.55. The van der Waals surface area contributed by atoms with E-state index >= 15 is 0 Å². The molecule has 254 valence electrons. The molecule has 15 nitrogen and oxygen atoms in total. The van der Waals surface area contributed by atoms with Gasteiger partial charge in [0.05, 0.1) is 46.3 Å². The van der Waals surface area contributed by atoms with E-state index < -0.39 is 91.1 Å². The number of ether oxygens (including phenoxy) is 1. The van der Waals surface area contributed by atoms with Crippen LogP contribution in [0.1, 0.15) is 28.4 Å². The molecule has 0 spiro atoms. The van der Waals surface area contributed by atoms with Crippen molar-refractivity contribution in [3.63, 3.8) is 0 Å². The van der Waals surface area contributed by atoms with Gasteiger partial charge in [-0.05, 0) is 44.8 Å². The number of fused-ring (bicyclic) bond motifs is 4. The number of aliphatic hydroxyl groups excluding tert-OH is 3. The van der Waals surface area contributed by atoms with Crippen LogP contribution in [-0.2, 0) is 30.0 Å². The van der Waals surface area contributed by atoms with Crippen LogP contribution < -0.4 is 5.73 Å². The molecular weight excluding hydrogens is 650 g/mol. The van der Waals surface area contributed by atoms with Crippen molar-refractivity contribution < 1.29 is 58.2 Å². The molecule has 0 bridgehead atoms. The first-order valence-electron chi connectivity index (χ1n) is 14.4. The summed E-state index contributed by atoms with van der Waals surface area (Å²) in [6, 6.07) is 9.12. The third-order valence-corrected chi connectivity index (χ3v) is 10.3. The molecule has 0 saturated carbocycles. The van der Waals surface area contributed by atoms with Crippen LogP contribution in [0.4, 0.5) is 0 Å². The second-order valence-corrected chi connectivity index (χ2v) is 13.6. The minimum absolute atomic E-state index is 0.0281. The maximum atomic E-state index is 13.3. The maximum Gasteiger partial charge on any atom is 0.286 e. The maximum absolute atomic E-state index is 13.3. The van der Waals surface area contributed by atoms with Gasteiger partial charge in [-0.3, -0.25) is 19.3 Å². The molecule has 1 heterocycles. The third-order valence-electron chi connectivity index (χ3n) is 8.97. The molecule has 48 heavy (non-hydrogen) atoms. The van der Waals surface area contributed by atoms with Gasteiger partial charge in [-0.1, -0.05) is 36.9 Å². The number of Topliss-reactive ketones (excluding diaryl/α,β-unsaturated/α-hetero) is 2. The number of hydrogen-bond donors (Lipinski definition) is 7. The fraction of sp³-hybridized carbons (Fsp3) is 0.312. The fourth-order valence-electron chi connectivity index (χ4n) is 6.92. The Hall–Kier alpha value is -4.87. The van der Waals surface area contributed by atoms with Crippen LogP contribution in [0.25, 0.3) is 0 Å². The van der Waals surface area contributed by atoms with Crippen molar-refractivity contribution in [2.45, 2.75) is 35.2 Å². The summed E-state index contributed by atoms with van der Waals surface area (Å²) in [6.45, 7) is 4.98. The van der Waals surface area contributed by atoms with Gasteiger partial charge >= 0.3 is 0 Å². The summed E-state index contributed by atoms with van der Waals surface area (Å²) in [5.74, 6) is -9.52. The number of nitrogens with two attached hydrogens (primary N) is 1. The van der Waals surface area contributed by atoms with E-state index in [0.717, 1.165) is 0 Å². The number of aliphatic hydroxyl groups is 5. The summed E-state index contributed by atoms with van der Waals surface area (Å²) in [7, 11) is -0.703. The van der Waals surface area contributed by atoms with Gasteiger partial charge in [-0.15, -0.1) is 4.40 Å². The molecule has 0 unspecified atom stereocenters. The molecule has 0 radical (unpaired) electrons. The number of benzene rings is 2. The molecule has 4 aliphatic rings. The number of ketones is 2. The smallest absolute Gasteiger partial charge is 0.286 e. The number of carbonyl (C=O) groups excluding carboxylic acids is 3. The Labute approximate surface area is 274 Å². The average molecular weight is 684 g/mol. The van der Waals surface area contributed by atoms with Crippen LogP contribution in [0.5, 0.6) is 5.75 Å². The van der Waals surface area contributed by atoms with E-state index in [1.807, 2.05) is 0 Å². The molecule has 2 aromatic rings. The van der Waals surface area contributed by atoms with Crippen LogP contribution in [0, 0.1) is 11.8 Å². The number of phenolic OH excluding ortho intramolecular Hbond substituents is 1. The van der Waals surface area contributed by atoms with Gasteiger partial charge in [0.25, 0.3) is 15.9 Å². The van der Waals surface area contributed by atoms with E-state index in [-0.39, 0.29) is 28.5 Å². The highest BCUT2D eigenvalue weighted by molar-refractivity contribution is 7.90. The van der Waals surface area contributed by atoms with Crippen LogP contribution in [-0.4, -0.2) is 106 Å². The molecular formula is C32H33N3O12S. The predicted octanol–water partition coefficient (Wildman–Crippen LogP) is 0.0945. The summed E-state index contributed by atoms with van der Waals surface area (Å²) < 4.78 is 31.8. The molecule has 8 N–H and O–H groups in total. The van der Waals surface area contributed by atoms with Crippen LogP contribution in [0.3, 0.4) is 0 Å².